The van der Waals surface area contributed by atoms with Crippen LogP contribution in [0, 0.1) is 5.92 Å². The van der Waals surface area contributed by atoms with Crippen molar-refractivity contribution in [2.75, 3.05) is 6.61 Å². The molecule has 2 unspecified atom stereocenters. The van der Waals surface area contributed by atoms with Crippen LogP contribution in [0.15, 0.2) is 24.3 Å². The number of esters is 1. The Hall–Kier alpha value is -1.35. The van der Waals surface area contributed by atoms with E-state index in [2.05, 4.69) is 29.6 Å². The number of ether oxygens (including phenoxy) is 1. The maximum absolute atomic E-state index is 11.9. The molecular weight excluding hydrogens is 262 g/mol. The van der Waals surface area contributed by atoms with E-state index in [-0.39, 0.29) is 11.9 Å². The molecule has 1 aromatic rings. The standard InChI is InChI=1S/C18H25NO2/c1-2-21-18(20)15-8-5-9-16(12-15)19-17-10-13-6-3-4-7-14(13)11-17/h3-4,6-7,15-17,19H,2,5,8-12H2,1H3. The zero-order valence-electron chi connectivity index (χ0n) is 12.8. The van der Waals surface area contributed by atoms with Crippen molar-refractivity contribution < 1.29 is 9.53 Å². The van der Waals surface area contributed by atoms with Gasteiger partial charge in [-0.15, -0.1) is 0 Å². The van der Waals surface area contributed by atoms with Crippen molar-refractivity contribution >= 4 is 5.97 Å². The summed E-state index contributed by atoms with van der Waals surface area (Å²) < 4.78 is 5.18. The number of rotatable bonds is 4. The molecule has 0 aliphatic heterocycles. The molecule has 3 nitrogen and oxygen atoms in total. The lowest BCUT2D eigenvalue weighted by atomic mass is 9.85. The third-order valence-corrected chi connectivity index (χ3v) is 4.82. The van der Waals surface area contributed by atoms with Gasteiger partial charge in [-0.2, -0.15) is 0 Å². The van der Waals surface area contributed by atoms with E-state index in [1.165, 1.54) is 17.5 Å². The number of hydrogen-bond acceptors (Lipinski definition) is 3. The summed E-state index contributed by atoms with van der Waals surface area (Å²) in [4.78, 5) is 11.9. The zero-order chi connectivity index (χ0) is 14.7. The Labute approximate surface area is 127 Å². The molecule has 2 aliphatic rings. The van der Waals surface area contributed by atoms with E-state index in [4.69, 9.17) is 4.74 Å². The Morgan fingerprint density at radius 2 is 1.90 bits per heavy atom. The molecule has 2 aliphatic carbocycles. The predicted molar refractivity (Wildman–Crippen MR) is 83.2 cm³/mol. The monoisotopic (exact) mass is 287 g/mol. The highest BCUT2D eigenvalue weighted by Gasteiger charge is 2.30. The first-order valence-corrected chi connectivity index (χ1v) is 8.25. The van der Waals surface area contributed by atoms with Crippen LogP contribution in [0.4, 0.5) is 0 Å². The first-order valence-electron chi connectivity index (χ1n) is 8.25. The Balaban J connectivity index is 1.53. The predicted octanol–water partition coefficient (Wildman–Crippen LogP) is 2.87. The zero-order valence-corrected chi connectivity index (χ0v) is 12.8. The summed E-state index contributed by atoms with van der Waals surface area (Å²) in [5, 5.41) is 3.78. The highest BCUT2D eigenvalue weighted by Crippen LogP contribution is 2.28. The van der Waals surface area contributed by atoms with Crippen LogP contribution in [0.25, 0.3) is 0 Å². The molecule has 0 amide bonds. The topological polar surface area (TPSA) is 38.3 Å². The molecule has 3 rings (SSSR count). The second kappa shape index (κ2) is 6.61. The summed E-state index contributed by atoms with van der Waals surface area (Å²) in [5.74, 6) is 0.0960. The maximum atomic E-state index is 11.9. The van der Waals surface area contributed by atoms with Crippen LogP contribution < -0.4 is 5.32 Å². The molecule has 0 bridgehead atoms. The third-order valence-electron chi connectivity index (χ3n) is 4.82. The van der Waals surface area contributed by atoms with Gasteiger partial charge in [0.2, 0.25) is 0 Å². The SMILES string of the molecule is CCOC(=O)C1CCCC(NC2Cc3ccccc3C2)C1. The van der Waals surface area contributed by atoms with E-state index < -0.39 is 0 Å². The van der Waals surface area contributed by atoms with E-state index in [9.17, 15) is 4.79 Å². The van der Waals surface area contributed by atoms with Gasteiger partial charge < -0.3 is 10.1 Å². The summed E-state index contributed by atoms with van der Waals surface area (Å²) in [6.07, 6.45) is 6.48. The van der Waals surface area contributed by atoms with E-state index in [1.807, 2.05) is 6.92 Å². The average molecular weight is 287 g/mol. The minimum Gasteiger partial charge on any atom is -0.466 e. The molecular formula is C18H25NO2. The largest absolute Gasteiger partial charge is 0.466 e. The molecule has 1 aromatic carbocycles. The van der Waals surface area contributed by atoms with Gasteiger partial charge in [0, 0.05) is 12.1 Å². The maximum Gasteiger partial charge on any atom is 0.308 e. The van der Waals surface area contributed by atoms with Gasteiger partial charge in [-0.05, 0) is 50.2 Å². The molecule has 0 spiro atoms. The molecule has 114 valence electrons. The Bertz CT molecular complexity index is 475. The van der Waals surface area contributed by atoms with Gasteiger partial charge in [0.25, 0.3) is 0 Å². The Morgan fingerprint density at radius 3 is 2.57 bits per heavy atom. The number of nitrogens with one attached hydrogen (secondary N) is 1. The highest BCUT2D eigenvalue weighted by atomic mass is 16.5. The summed E-state index contributed by atoms with van der Waals surface area (Å²) in [5.41, 5.74) is 2.96. The van der Waals surface area contributed by atoms with Crippen LogP contribution in [-0.2, 0) is 22.4 Å². The molecule has 0 heterocycles. The lowest BCUT2D eigenvalue weighted by molar-refractivity contribution is -0.149. The Kier molecular flexibility index (Phi) is 4.59. The molecule has 0 saturated heterocycles. The fourth-order valence-corrected chi connectivity index (χ4v) is 3.83. The van der Waals surface area contributed by atoms with Gasteiger partial charge >= 0.3 is 5.97 Å². The molecule has 1 fully saturated rings. The van der Waals surface area contributed by atoms with Gasteiger partial charge in [0.05, 0.1) is 12.5 Å². The number of benzene rings is 1. The smallest absolute Gasteiger partial charge is 0.308 e. The van der Waals surface area contributed by atoms with Gasteiger partial charge in [-0.25, -0.2) is 0 Å². The number of carbonyl (C=O) groups is 1. The summed E-state index contributed by atoms with van der Waals surface area (Å²) in [6, 6.07) is 9.72. The van der Waals surface area contributed by atoms with Crippen LogP contribution in [0.1, 0.15) is 43.7 Å². The molecule has 0 radical (unpaired) electrons. The molecule has 1 N–H and O–H groups in total. The fraction of sp³-hybridized carbons (Fsp3) is 0.611. The van der Waals surface area contributed by atoms with Crippen molar-refractivity contribution in [3.8, 4) is 0 Å². The minimum atomic E-state index is -0.00120. The van der Waals surface area contributed by atoms with Crippen molar-refractivity contribution in [3.05, 3.63) is 35.4 Å². The Morgan fingerprint density at radius 1 is 1.19 bits per heavy atom. The number of carbonyl (C=O) groups excluding carboxylic acids is 1. The molecule has 21 heavy (non-hydrogen) atoms. The van der Waals surface area contributed by atoms with Gasteiger partial charge in [-0.3, -0.25) is 4.79 Å². The van der Waals surface area contributed by atoms with Gasteiger partial charge in [-0.1, -0.05) is 30.7 Å². The van der Waals surface area contributed by atoms with Crippen LogP contribution in [0.3, 0.4) is 0 Å². The van der Waals surface area contributed by atoms with Crippen molar-refractivity contribution in [1.29, 1.82) is 0 Å². The number of hydrogen-bond donors (Lipinski definition) is 1. The van der Waals surface area contributed by atoms with Crippen molar-refractivity contribution in [1.82, 2.24) is 5.32 Å². The van der Waals surface area contributed by atoms with Crippen LogP contribution in [0.2, 0.25) is 0 Å². The first kappa shape index (κ1) is 14.6. The van der Waals surface area contributed by atoms with Crippen LogP contribution in [0.5, 0.6) is 0 Å². The van der Waals surface area contributed by atoms with Crippen LogP contribution in [-0.4, -0.2) is 24.7 Å². The van der Waals surface area contributed by atoms with Gasteiger partial charge in [0.1, 0.15) is 0 Å². The van der Waals surface area contributed by atoms with E-state index in [0.29, 0.717) is 18.7 Å². The summed E-state index contributed by atoms with van der Waals surface area (Å²) in [6.45, 7) is 2.37. The molecule has 3 heteroatoms. The second-order valence-corrected chi connectivity index (χ2v) is 6.35. The first-order chi connectivity index (χ1) is 10.3. The quantitative estimate of drug-likeness (QED) is 0.865. The third kappa shape index (κ3) is 3.46. The second-order valence-electron chi connectivity index (χ2n) is 6.35. The van der Waals surface area contributed by atoms with E-state index in [1.54, 1.807) is 0 Å². The lowest BCUT2D eigenvalue weighted by Gasteiger charge is -2.30. The number of fused-ring (bicyclic) bond motifs is 1. The molecule has 0 aromatic heterocycles. The van der Waals surface area contributed by atoms with Crippen molar-refractivity contribution in [2.24, 2.45) is 5.92 Å². The van der Waals surface area contributed by atoms with Crippen molar-refractivity contribution in [3.63, 3.8) is 0 Å². The van der Waals surface area contributed by atoms with Gasteiger partial charge in [0.15, 0.2) is 0 Å². The van der Waals surface area contributed by atoms with Crippen LogP contribution >= 0.6 is 0 Å². The lowest BCUT2D eigenvalue weighted by Crippen LogP contribution is -2.43. The summed E-state index contributed by atoms with van der Waals surface area (Å²) >= 11 is 0. The van der Waals surface area contributed by atoms with E-state index >= 15 is 0 Å². The minimum absolute atomic E-state index is 0.00120. The molecule has 2 atom stereocenters. The molecule has 1 saturated carbocycles. The fourth-order valence-electron chi connectivity index (χ4n) is 3.83. The highest BCUT2D eigenvalue weighted by molar-refractivity contribution is 5.72. The van der Waals surface area contributed by atoms with Crippen molar-refractivity contribution in [2.45, 2.75) is 57.5 Å². The average Bonchev–Trinajstić information content (AvgIpc) is 2.90. The summed E-state index contributed by atoms with van der Waals surface area (Å²) in [7, 11) is 0. The normalized spacial score (nSPS) is 25.6. The van der Waals surface area contributed by atoms with E-state index in [0.717, 1.165) is 32.1 Å².